The molecule has 1 aromatic rings. The maximum atomic E-state index is 5.88. The molecule has 2 aliphatic rings. The topological polar surface area (TPSA) is 30.5 Å². The summed E-state index contributed by atoms with van der Waals surface area (Å²) in [5, 5.41) is 3.53. The third kappa shape index (κ3) is 3.94. The summed E-state index contributed by atoms with van der Waals surface area (Å²) < 4.78 is 12.4. The molecule has 1 saturated carbocycles. The molecule has 1 N–H and O–H groups in total. The van der Waals surface area contributed by atoms with Crippen molar-refractivity contribution in [1.82, 2.24) is 5.32 Å². The Kier molecular flexibility index (Phi) is 4.41. The second kappa shape index (κ2) is 6.25. The van der Waals surface area contributed by atoms with Gasteiger partial charge < -0.3 is 14.8 Å². The third-order valence-electron chi connectivity index (χ3n) is 3.69. The van der Waals surface area contributed by atoms with E-state index in [9.17, 15) is 0 Å². The average molecular weight is 326 g/mol. The minimum atomic E-state index is 0.552. The van der Waals surface area contributed by atoms with Crippen LogP contribution in [0.4, 0.5) is 0 Å². The lowest BCUT2D eigenvalue weighted by Crippen LogP contribution is -2.16. The highest BCUT2D eigenvalue weighted by Gasteiger charge is 2.20. The Morgan fingerprint density at radius 2 is 2.21 bits per heavy atom. The van der Waals surface area contributed by atoms with E-state index in [0.29, 0.717) is 5.92 Å². The fourth-order valence-corrected chi connectivity index (χ4v) is 2.63. The van der Waals surface area contributed by atoms with Crippen molar-refractivity contribution in [2.45, 2.75) is 31.8 Å². The standard InChI is InChI=1S/C15H20BrNO2/c16-15-4-3-14(19-10-11-5-6-18-9-11)7-12(15)8-17-13-1-2-13/h3-4,7,11,13,17H,1-2,5-6,8-10H2. The first-order valence-corrected chi connectivity index (χ1v) is 7.83. The molecule has 0 spiro atoms. The van der Waals surface area contributed by atoms with Crippen LogP contribution in [0.3, 0.4) is 0 Å². The van der Waals surface area contributed by atoms with Gasteiger partial charge in [-0.15, -0.1) is 0 Å². The minimum absolute atomic E-state index is 0.552. The van der Waals surface area contributed by atoms with Gasteiger partial charge in [-0.25, -0.2) is 0 Å². The van der Waals surface area contributed by atoms with E-state index in [2.05, 4.69) is 33.4 Å². The Hall–Kier alpha value is -0.580. The number of ether oxygens (including phenoxy) is 2. The van der Waals surface area contributed by atoms with E-state index >= 15 is 0 Å². The van der Waals surface area contributed by atoms with Gasteiger partial charge in [-0.05, 0) is 43.0 Å². The second-order valence-electron chi connectivity index (χ2n) is 5.45. The van der Waals surface area contributed by atoms with Crippen molar-refractivity contribution in [2.24, 2.45) is 5.92 Å². The number of hydrogen-bond donors (Lipinski definition) is 1. The van der Waals surface area contributed by atoms with Gasteiger partial charge in [-0.2, -0.15) is 0 Å². The van der Waals surface area contributed by atoms with Crippen LogP contribution in [0.25, 0.3) is 0 Å². The van der Waals surface area contributed by atoms with Gasteiger partial charge in [-0.3, -0.25) is 0 Å². The second-order valence-corrected chi connectivity index (χ2v) is 6.30. The summed E-state index contributed by atoms with van der Waals surface area (Å²) in [4.78, 5) is 0. The van der Waals surface area contributed by atoms with Crippen molar-refractivity contribution in [3.05, 3.63) is 28.2 Å². The molecule has 1 aromatic carbocycles. The quantitative estimate of drug-likeness (QED) is 0.871. The van der Waals surface area contributed by atoms with E-state index in [-0.39, 0.29) is 0 Å². The Balaban J connectivity index is 1.55. The molecule has 2 fully saturated rings. The highest BCUT2D eigenvalue weighted by Crippen LogP contribution is 2.25. The third-order valence-corrected chi connectivity index (χ3v) is 4.46. The SMILES string of the molecule is Brc1ccc(OCC2CCOC2)cc1CNC1CC1. The molecule has 1 atom stereocenters. The lowest BCUT2D eigenvalue weighted by molar-refractivity contribution is 0.167. The van der Waals surface area contributed by atoms with Gasteiger partial charge >= 0.3 is 0 Å². The van der Waals surface area contributed by atoms with Crippen LogP contribution in [-0.4, -0.2) is 25.9 Å². The first-order valence-electron chi connectivity index (χ1n) is 7.03. The van der Waals surface area contributed by atoms with Crippen molar-refractivity contribution < 1.29 is 9.47 Å². The summed E-state index contributed by atoms with van der Waals surface area (Å²) in [6.07, 6.45) is 3.75. The fraction of sp³-hybridized carbons (Fsp3) is 0.600. The van der Waals surface area contributed by atoms with Gasteiger partial charge in [-0.1, -0.05) is 15.9 Å². The van der Waals surface area contributed by atoms with Crippen molar-refractivity contribution >= 4 is 15.9 Å². The summed E-state index contributed by atoms with van der Waals surface area (Å²) in [5.41, 5.74) is 1.27. The first kappa shape index (κ1) is 13.4. The molecule has 3 nitrogen and oxygen atoms in total. The molecule has 1 heterocycles. The van der Waals surface area contributed by atoms with Crippen LogP contribution >= 0.6 is 15.9 Å². The Labute approximate surface area is 122 Å². The monoisotopic (exact) mass is 325 g/mol. The zero-order chi connectivity index (χ0) is 13.1. The summed E-state index contributed by atoms with van der Waals surface area (Å²) >= 11 is 3.60. The zero-order valence-electron chi connectivity index (χ0n) is 11.0. The van der Waals surface area contributed by atoms with E-state index in [1.165, 1.54) is 18.4 Å². The summed E-state index contributed by atoms with van der Waals surface area (Å²) in [6, 6.07) is 6.97. The molecule has 3 rings (SSSR count). The van der Waals surface area contributed by atoms with Crippen LogP contribution in [0.2, 0.25) is 0 Å². The lowest BCUT2D eigenvalue weighted by atomic mass is 10.1. The van der Waals surface area contributed by atoms with Crippen LogP contribution in [0.5, 0.6) is 5.75 Å². The Morgan fingerprint density at radius 3 is 2.95 bits per heavy atom. The van der Waals surface area contributed by atoms with Crippen LogP contribution in [0.15, 0.2) is 22.7 Å². The van der Waals surface area contributed by atoms with Crippen molar-refractivity contribution in [2.75, 3.05) is 19.8 Å². The van der Waals surface area contributed by atoms with Gasteiger partial charge in [0.15, 0.2) is 0 Å². The fourth-order valence-electron chi connectivity index (χ4n) is 2.25. The molecule has 0 amide bonds. The molecule has 4 heteroatoms. The molecule has 0 radical (unpaired) electrons. The summed E-state index contributed by atoms with van der Waals surface area (Å²) in [7, 11) is 0. The normalized spacial score (nSPS) is 22.7. The van der Waals surface area contributed by atoms with Crippen LogP contribution in [0.1, 0.15) is 24.8 Å². The Bertz CT molecular complexity index is 428. The molecule has 1 aliphatic carbocycles. The molecule has 19 heavy (non-hydrogen) atoms. The van der Waals surface area contributed by atoms with Crippen molar-refractivity contribution in [3.8, 4) is 5.75 Å². The number of halogens is 1. The molecule has 1 unspecified atom stereocenters. The summed E-state index contributed by atoms with van der Waals surface area (Å²) in [6.45, 7) is 3.39. The maximum Gasteiger partial charge on any atom is 0.119 e. The van der Waals surface area contributed by atoms with Crippen LogP contribution < -0.4 is 10.1 Å². The highest BCUT2D eigenvalue weighted by atomic mass is 79.9. The van der Waals surface area contributed by atoms with Gasteiger partial charge in [0.1, 0.15) is 5.75 Å². The largest absolute Gasteiger partial charge is 0.493 e. The predicted octanol–water partition coefficient (Wildman–Crippen LogP) is 3.12. The molecular weight excluding hydrogens is 306 g/mol. The molecule has 104 valence electrons. The summed E-state index contributed by atoms with van der Waals surface area (Å²) in [5.74, 6) is 1.51. The average Bonchev–Trinajstić information content (AvgIpc) is 3.10. The van der Waals surface area contributed by atoms with Crippen LogP contribution in [-0.2, 0) is 11.3 Å². The van der Waals surface area contributed by atoms with E-state index in [0.717, 1.165) is 49.1 Å². The van der Waals surface area contributed by atoms with Crippen molar-refractivity contribution in [3.63, 3.8) is 0 Å². The predicted molar refractivity (Wildman–Crippen MR) is 78.4 cm³/mol. The highest BCUT2D eigenvalue weighted by molar-refractivity contribution is 9.10. The van der Waals surface area contributed by atoms with Gasteiger partial charge in [0.25, 0.3) is 0 Å². The number of nitrogens with one attached hydrogen (secondary N) is 1. The molecular formula is C15H20BrNO2. The van der Waals surface area contributed by atoms with E-state index in [1.807, 2.05) is 6.07 Å². The zero-order valence-corrected chi connectivity index (χ0v) is 12.6. The Morgan fingerprint density at radius 1 is 1.32 bits per heavy atom. The molecule has 0 bridgehead atoms. The van der Waals surface area contributed by atoms with E-state index < -0.39 is 0 Å². The van der Waals surface area contributed by atoms with E-state index in [4.69, 9.17) is 9.47 Å². The first-order chi connectivity index (χ1) is 9.31. The van der Waals surface area contributed by atoms with Crippen molar-refractivity contribution in [1.29, 1.82) is 0 Å². The molecule has 0 aromatic heterocycles. The number of benzene rings is 1. The van der Waals surface area contributed by atoms with Crippen LogP contribution in [0, 0.1) is 5.92 Å². The number of rotatable bonds is 6. The minimum Gasteiger partial charge on any atom is -0.493 e. The maximum absolute atomic E-state index is 5.88. The van der Waals surface area contributed by atoms with E-state index in [1.54, 1.807) is 0 Å². The molecule has 1 aliphatic heterocycles. The molecule has 1 saturated heterocycles. The number of hydrogen-bond acceptors (Lipinski definition) is 3. The lowest BCUT2D eigenvalue weighted by Gasteiger charge is -2.12. The van der Waals surface area contributed by atoms with Gasteiger partial charge in [0.2, 0.25) is 0 Å². The van der Waals surface area contributed by atoms with Gasteiger partial charge in [0.05, 0.1) is 13.2 Å². The smallest absolute Gasteiger partial charge is 0.119 e. The van der Waals surface area contributed by atoms with Gasteiger partial charge in [0, 0.05) is 29.6 Å².